The van der Waals surface area contributed by atoms with Crippen molar-refractivity contribution in [2.24, 2.45) is 0 Å². The fourth-order valence-electron chi connectivity index (χ4n) is 2.55. The van der Waals surface area contributed by atoms with E-state index in [0.29, 0.717) is 6.61 Å². The van der Waals surface area contributed by atoms with Crippen LogP contribution in [-0.4, -0.2) is 42.2 Å². The number of aromatic nitrogens is 1. The van der Waals surface area contributed by atoms with Crippen LogP contribution in [0.2, 0.25) is 0 Å². The van der Waals surface area contributed by atoms with E-state index >= 15 is 0 Å². The fraction of sp³-hybridized carbons (Fsp3) is 0.714. The predicted molar refractivity (Wildman–Crippen MR) is 83.9 cm³/mol. The Balaban J connectivity index is 2.17. The summed E-state index contributed by atoms with van der Waals surface area (Å²) in [4.78, 5) is 15.3. The molecule has 1 aromatic heterocycles. The standard InChI is InChI=1S/C14H22N2O2S2/c1-10-12-7-9-18-13(17)11(15(2)3)6-4-5-8-16(10)14(19)20-12/h11H,4-9H2,1-3H3/t11-/m0/s1. The Labute approximate surface area is 129 Å². The van der Waals surface area contributed by atoms with Crippen molar-refractivity contribution in [1.29, 1.82) is 0 Å². The number of hydrogen-bond acceptors (Lipinski definition) is 5. The summed E-state index contributed by atoms with van der Waals surface area (Å²) in [5, 5.41) is 0. The number of thiazole rings is 1. The number of nitrogens with zero attached hydrogens (tertiary/aromatic N) is 2. The molecule has 0 saturated heterocycles. The molecular weight excluding hydrogens is 292 g/mol. The molecule has 0 fully saturated rings. The number of ether oxygens (including phenoxy) is 1. The summed E-state index contributed by atoms with van der Waals surface area (Å²) in [7, 11) is 3.87. The van der Waals surface area contributed by atoms with Gasteiger partial charge in [0.05, 0.1) is 6.61 Å². The molecule has 0 spiro atoms. The van der Waals surface area contributed by atoms with Crippen molar-refractivity contribution >= 4 is 29.5 Å². The molecule has 1 aromatic rings. The Morgan fingerprint density at radius 2 is 2.15 bits per heavy atom. The molecule has 6 heteroatoms. The van der Waals surface area contributed by atoms with Crippen LogP contribution in [0.15, 0.2) is 0 Å². The van der Waals surface area contributed by atoms with E-state index in [9.17, 15) is 4.79 Å². The van der Waals surface area contributed by atoms with E-state index in [1.165, 1.54) is 10.6 Å². The number of carbonyl (C=O) groups excluding carboxylic acids is 1. The molecule has 4 nitrogen and oxygen atoms in total. The molecule has 2 bridgehead atoms. The number of likely N-dealkylation sites (N-methyl/N-ethyl adjacent to an activating group) is 1. The Bertz CT molecular complexity index is 534. The van der Waals surface area contributed by atoms with Crippen molar-refractivity contribution in [2.45, 2.75) is 45.2 Å². The van der Waals surface area contributed by atoms with Crippen LogP contribution >= 0.6 is 23.6 Å². The van der Waals surface area contributed by atoms with Gasteiger partial charge >= 0.3 is 5.97 Å². The van der Waals surface area contributed by atoms with Gasteiger partial charge in [-0.1, -0.05) is 0 Å². The van der Waals surface area contributed by atoms with Gasteiger partial charge in [0, 0.05) is 23.5 Å². The highest BCUT2D eigenvalue weighted by Crippen LogP contribution is 2.21. The van der Waals surface area contributed by atoms with Gasteiger partial charge in [0.15, 0.2) is 3.95 Å². The lowest BCUT2D eigenvalue weighted by molar-refractivity contribution is -0.149. The summed E-state index contributed by atoms with van der Waals surface area (Å²) in [6.07, 6.45) is 3.65. The van der Waals surface area contributed by atoms with Gasteiger partial charge in [-0.3, -0.25) is 9.69 Å². The average molecular weight is 314 g/mol. The molecule has 0 aliphatic carbocycles. The summed E-state index contributed by atoms with van der Waals surface area (Å²) in [6.45, 7) is 3.51. The van der Waals surface area contributed by atoms with E-state index in [4.69, 9.17) is 17.0 Å². The average Bonchev–Trinajstić information content (AvgIpc) is 2.64. The zero-order valence-corrected chi connectivity index (χ0v) is 14.0. The minimum Gasteiger partial charge on any atom is -0.464 e. The number of esters is 1. The monoisotopic (exact) mass is 314 g/mol. The summed E-state index contributed by atoms with van der Waals surface area (Å²) in [5.74, 6) is -0.101. The first kappa shape index (κ1) is 15.7. The Hall–Kier alpha value is -0.720. The van der Waals surface area contributed by atoms with E-state index < -0.39 is 0 Å². The lowest BCUT2D eigenvalue weighted by Crippen LogP contribution is -2.37. The highest BCUT2D eigenvalue weighted by molar-refractivity contribution is 7.73. The minimum absolute atomic E-state index is 0.101. The van der Waals surface area contributed by atoms with Crippen LogP contribution in [0.5, 0.6) is 0 Å². The van der Waals surface area contributed by atoms with Gasteiger partial charge in [0.1, 0.15) is 6.04 Å². The van der Waals surface area contributed by atoms with Gasteiger partial charge in [-0.25, -0.2) is 0 Å². The molecule has 20 heavy (non-hydrogen) atoms. The van der Waals surface area contributed by atoms with Gasteiger partial charge in [-0.15, -0.1) is 11.3 Å². The molecule has 0 unspecified atom stereocenters. The third kappa shape index (κ3) is 3.48. The van der Waals surface area contributed by atoms with Gasteiger partial charge in [-0.2, -0.15) is 0 Å². The van der Waals surface area contributed by atoms with Crippen LogP contribution in [0.25, 0.3) is 0 Å². The number of hydrogen-bond donors (Lipinski definition) is 0. The van der Waals surface area contributed by atoms with Gasteiger partial charge < -0.3 is 9.30 Å². The van der Waals surface area contributed by atoms with Gasteiger partial charge in [0.2, 0.25) is 0 Å². The third-order valence-electron chi connectivity index (χ3n) is 3.82. The minimum atomic E-state index is -0.128. The lowest BCUT2D eigenvalue weighted by Gasteiger charge is -2.23. The largest absolute Gasteiger partial charge is 0.464 e. The molecule has 2 heterocycles. The van der Waals surface area contributed by atoms with E-state index in [2.05, 4.69) is 11.5 Å². The SMILES string of the molecule is Cc1c2sc(=S)n1CCCC[C@H](N(C)C)C(=O)OCC2. The quantitative estimate of drug-likeness (QED) is 0.590. The van der Waals surface area contributed by atoms with Crippen molar-refractivity contribution in [3.05, 3.63) is 14.5 Å². The Morgan fingerprint density at radius 3 is 2.85 bits per heavy atom. The van der Waals surface area contributed by atoms with E-state index in [-0.39, 0.29) is 12.0 Å². The van der Waals surface area contributed by atoms with E-state index in [1.807, 2.05) is 19.0 Å². The van der Waals surface area contributed by atoms with Crippen LogP contribution in [0.1, 0.15) is 29.8 Å². The van der Waals surface area contributed by atoms with Crippen LogP contribution in [0.4, 0.5) is 0 Å². The zero-order valence-electron chi connectivity index (χ0n) is 12.3. The van der Waals surface area contributed by atoms with E-state index in [1.54, 1.807) is 11.3 Å². The van der Waals surface area contributed by atoms with E-state index in [0.717, 1.165) is 36.2 Å². The highest BCUT2D eigenvalue weighted by atomic mass is 32.1. The Morgan fingerprint density at radius 1 is 1.40 bits per heavy atom. The highest BCUT2D eigenvalue weighted by Gasteiger charge is 2.22. The summed E-state index contributed by atoms with van der Waals surface area (Å²) < 4.78 is 8.60. The summed E-state index contributed by atoms with van der Waals surface area (Å²) >= 11 is 7.08. The fourth-order valence-corrected chi connectivity index (χ4v) is 4.07. The molecule has 0 saturated carbocycles. The van der Waals surface area contributed by atoms with Crippen LogP contribution < -0.4 is 0 Å². The molecule has 112 valence electrons. The second-order valence-corrected chi connectivity index (χ2v) is 7.15. The van der Waals surface area contributed by atoms with Crippen molar-refractivity contribution in [2.75, 3.05) is 20.7 Å². The zero-order chi connectivity index (χ0) is 14.7. The number of fused-ring (bicyclic) bond motifs is 2. The van der Waals surface area contributed by atoms with Crippen molar-refractivity contribution < 1.29 is 9.53 Å². The predicted octanol–water partition coefficient (Wildman–Crippen LogP) is 2.79. The smallest absolute Gasteiger partial charge is 0.323 e. The normalized spacial score (nSPS) is 21.2. The molecule has 1 aliphatic rings. The Kier molecular flexibility index (Phi) is 5.35. The maximum Gasteiger partial charge on any atom is 0.323 e. The number of cyclic esters (lactones) is 1. The summed E-state index contributed by atoms with van der Waals surface area (Å²) in [5.41, 5.74) is 1.24. The molecule has 0 aromatic carbocycles. The molecule has 0 amide bonds. The molecule has 1 atom stereocenters. The summed E-state index contributed by atoms with van der Waals surface area (Å²) in [6, 6.07) is -0.128. The van der Waals surface area contributed by atoms with Crippen LogP contribution in [0.3, 0.4) is 0 Å². The first-order valence-electron chi connectivity index (χ1n) is 7.03. The molecule has 0 N–H and O–H groups in total. The maximum absolute atomic E-state index is 12.1. The molecular formula is C14H22N2O2S2. The maximum atomic E-state index is 12.1. The first-order chi connectivity index (χ1) is 9.50. The number of carbonyl (C=O) groups is 1. The number of rotatable bonds is 1. The molecule has 2 rings (SSSR count). The van der Waals surface area contributed by atoms with Crippen molar-refractivity contribution in [3.8, 4) is 0 Å². The third-order valence-corrected chi connectivity index (χ3v) is 5.43. The van der Waals surface area contributed by atoms with Gasteiger partial charge in [-0.05, 0) is 52.5 Å². The van der Waals surface area contributed by atoms with Crippen molar-refractivity contribution in [1.82, 2.24) is 9.47 Å². The molecule has 0 radical (unpaired) electrons. The first-order valence-corrected chi connectivity index (χ1v) is 8.25. The van der Waals surface area contributed by atoms with Crippen molar-refractivity contribution in [3.63, 3.8) is 0 Å². The topological polar surface area (TPSA) is 34.5 Å². The molecule has 1 aliphatic heterocycles. The second kappa shape index (κ2) is 6.83. The van der Waals surface area contributed by atoms with Gasteiger partial charge in [0.25, 0.3) is 0 Å². The second-order valence-electron chi connectivity index (χ2n) is 5.42. The van der Waals surface area contributed by atoms with Crippen LogP contribution in [0, 0.1) is 10.9 Å². The lowest BCUT2D eigenvalue weighted by atomic mass is 10.1. The van der Waals surface area contributed by atoms with Crippen LogP contribution in [-0.2, 0) is 22.5 Å².